The fourth-order valence-electron chi connectivity index (χ4n) is 3.74. The van der Waals surface area contributed by atoms with Crippen LogP contribution in [0.15, 0.2) is 42.5 Å². The molecule has 1 aliphatic heterocycles. The molecule has 0 aliphatic carbocycles. The van der Waals surface area contributed by atoms with Gasteiger partial charge in [-0.05, 0) is 49.2 Å². The van der Waals surface area contributed by atoms with Gasteiger partial charge in [0.2, 0.25) is 5.91 Å². The van der Waals surface area contributed by atoms with E-state index in [1.807, 2.05) is 31.2 Å². The molecule has 1 saturated heterocycles. The summed E-state index contributed by atoms with van der Waals surface area (Å²) in [7, 11) is 1.77. The molecule has 6 heteroatoms. The number of carbonyl (C=O) groups excluding carboxylic acids is 1. The predicted molar refractivity (Wildman–Crippen MR) is 112 cm³/mol. The lowest BCUT2D eigenvalue weighted by Crippen LogP contribution is -2.54. The third kappa shape index (κ3) is 4.83. The normalized spacial score (nSPS) is 16.1. The molecular weight excluding hydrogens is 377 g/mol. The molecule has 0 aromatic heterocycles. The van der Waals surface area contributed by atoms with Crippen LogP contribution in [-0.4, -0.2) is 55.0 Å². The van der Waals surface area contributed by atoms with Crippen LogP contribution in [-0.2, 0) is 11.3 Å². The van der Waals surface area contributed by atoms with Gasteiger partial charge in [0.25, 0.3) is 0 Å². The average molecular weight is 404 g/mol. The molecule has 2 aromatic carbocycles. The standard InChI is InChI=1S/C22H27ClFN3O/c1-16-7-8-19(23)14-21(16)27-11-9-26(10-12-27)17(2)22(28)25(3)15-18-5-4-6-20(24)13-18/h4-8,13-14,17H,9-12,15H2,1-3H3/t17-/m1/s1. The third-order valence-corrected chi connectivity index (χ3v) is 5.65. The number of hydrogen-bond acceptors (Lipinski definition) is 3. The number of nitrogens with zero attached hydrogens (tertiary/aromatic N) is 3. The molecule has 0 unspecified atom stereocenters. The van der Waals surface area contributed by atoms with Crippen molar-refractivity contribution in [2.45, 2.75) is 26.4 Å². The van der Waals surface area contributed by atoms with Gasteiger partial charge < -0.3 is 9.80 Å². The summed E-state index contributed by atoms with van der Waals surface area (Å²) in [5.74, 6) is -0.226. The van der Waals surface area contributed by atoms with Gasteiger partial charge in [-0.1, -0.05) is 29.8 Å². The van der Waals surface area contributed by atoms with E-state index in [9.17, 15) is 9.18 Å². The van der Waals surface area contributed by atoms with Crippen molar-refractivity contribution in [2.24, 2.45) is 0 Å². The highest BCUT2D eigenvalue weighted by Gasteiger charge is 2.28. The van der Waals surface area contributed by atoms with E-state index >= 15 is 0 Å². The maximum absolute atomic E-state index is 13.4. The van der Waals surface area contributed by atoms with Crippen LogP contribution >= 0.6 is 11.6 Å². The molecule has 4 nitrogen and oxygen atoms in total. The van der Waals surface area contributed by atoms with Crippen molar-refractivity contribution >= 4 is 23.2 Å². The minimum Gasteiger partial charge on any atom is -0.369 e. The number of anilines is 1. The number of hydrogen-bond donors (Lipinski definition) is 0. The maximum atomic E-state index is 13.4. The van der Waals surface area contributed by atoms with Crippen LogP contribution in [0.4, 0.5) is 10.1 Å². The Bertz CT molecular complexity index is 836. The molecule has 1 amide bonds. The van der Waals surface area contributed by atoms with Gasteiger partial charge in [0.15, 0.2) is 0 Å². The van der Waals surface area contributed by atoms with E-state index in [2.05, 4.69) is 16.7 Å². The summed E-state index contributed by atoms with van der Waals surface area (Å²) < 4.78 is 13.4. The quantitative estimate of drug-likeness (QED) is 0.756. The Morgan fingerprint density at radius 3 is 2.57 bits per heavy atom. The number of halogens is 2. The van der Waals surface area contributed by atoms with Crippen molar-refractivity contribution in [3.63, 3.8) is 0 Å². The lowest BCUT2D eigenvalue weighted by molar-refractivity contribution is -0.135. The van der Waals surface area contributed by atoms with Gasteiger partial charge in [0.1, 0.15) is 5.82 Å². The zero-order chi connectivity index (χ0) is 20.3. The molecule has 1 aliphatic rings. The number of amides is 1. The Morgan fingerprint density at radius 1 is 1.18 bits per heavy atom. The van der Waals surface area contributed by atoms with E-state index in [1.54, 1.807) is 18.0 Å². The minimum atomic E-state index is -0.279. The van der Waals surface area contributed by atoms with Crippen LogP contribution in [0.3, 0.4) is 0 Å². The molecule has 1 atom stereocenters. The topological polar surface area (TPSA) is 26.8 Å². The monoisotopic (exact) mass is 403 g/mol. The summed E-state index contributed by atoms with van der Waals surface area (Å²) in [6.45, 7) is 7.77. The van der Waals surface area contributed by atoms with Gasteiger partial charge >= 0.3 is 0 Å². The van der Waals surface area contributed by atoms with Crippen LogP contribution in [0.25, 0.3) is 0 Å². The Morgan fingerprint density at radius 2 is 1.89 bits per heavy atom. The molecule has 28 heavy (non-hydrogen) atoms. The molecule has 1 heterocycles. The number of rotatable bonds is 5. The first kappa shape index (κ1) is 20.6. The van der Waals surface area contributed by atoms with Crippen molar-refractivity contribution in [2.75, 3.05) is 38.1 Å². The molecule has 0 radical (unpaired) electrons. The maximum Gasteiger partial charge on any atom is 0.239 e. The second kappa shape index (κ2) is 8.93. The van der Waals surface area contributed by atoms with Gasteiger partial charge in [-0.3, -0.25) is 9.69 Å². The van der Waals surface area contributed by atoms with E-state index in [1.165, 1.54) is 17.7 Å². The molecule has 0 spiro atoms. The Hall–Kier alpha value is -2.11. The van der Waals surface area contributed by atoms with E-state index in [-0.39, 0.29) is 17.8 Å². The Labute approximate surface area is 171 Å². The SMILES string of the molecule is Cc1ccc(Cl)cc1N1CCN([C@H](C)C(=O)N(C)Cc2cccc(F)c2)CC1. The molecule has 0 bridgehead atoms. The van der Waals surface area contributed by atoms with Crippen LogP contribution < -0.4 is 4.90 Å². The van der Waals surface area contributed by atoms with Gasteiger partial charge in [-0.15, -0.1) is 0 Å². The van der Waals surface area contributed by atoms with Crippen LogP contribution in [0.5, 0.6) is 0 Å². The van der Waals surface area contributed by atoms with Crippen molar-refractivity contribution in [3.8, 4) is 0 Å². The third-order valence-electron chi connectivity index (χ3n) is 5.42. The second-order valence-electron chi connectivity index (χ2n) is 7.45. The van der Waals surface area contributed by atoms with E-state index < -0.39 is 0 Å². The zero-order valence-electron chi connectivity index (χ0n) is 16.7. The Kier molecular flexibility index (Phi) is 6.57. The first-order valence-corrected chi connectivity index (χ1v) is 9.97. The van der Waals surface area contributed by atoms with Crippen LogP contribution in [0.2, 0.25) is 5.02 Å². The summed E-state index contributed by atoms with van der Waals surface area (Å²) in [5.41, 5.74) is 3.16. The lowest BCUT2D eigenvalue weighted by atomic mass is 10.1. The molecule has 2 aromatic rings. The van der Waals surface area contributed by atoms with Gasteiger partial charge in [0, 0.05) is 50.5 Å². The smallest absolute Gasteiger partial charge is 0.239 e. The highest BCUT2D eigenvalue weighted by Crippen LogP contribution is 2.25. The van der Waals surface area contributed by atoms with E-state index in [0.29, 0.717) is 6.54 Å². The lowest BCUT2D eigenvalue weighted by Gasteiger charge is -2.40. The number of benzene rings is 2. The largest absolute Gasteiger partial charge is 0.369 e. The summed E-state index contributed by atoms with van der Waals surface area (Å²) in [6.07, 6.45) is 0. The average Bonchev–Trinajstić information content (AvgIpc) is 2.69. The molecule has 1 fully saturated rings. The van der Waals surface area contributed by atoms with Crippen molar-refractivity contribution in [3.05, 3.63) is 64.4 Å². The van der Waals surface area contributed by atoms with E-state index in [0.717, 1.165) is 42.5 Å². The van der Waals surface area contributed by atoms with E-state index in [4.69, 9.17) is 11.6 Å². The molecule has 3 rings (SSSR count). The molecule has 0 N–H and O–H groups in total. The predicted octanol–water partition coefficient (Wildman–Crippen LogP) is 3.96. The number of aryl methyl sites for hydroxylation is 1. The first-order valence-electron chi connectivity index (χ1n) is 9.59. The summed E-state index contributed by atoms with van der Waals surface area (Å²) >= 11 is 6.16. The molecule has 0 saturated carbocycles. The number of carbonyl (C=O) groups is 1. The molecular formula is C22H27ClFN3O. The zero-order valence-corrected chi connectivity index (χ0v) is 17.4. The van der Waals surface area contributed by atoms with Gasteiger partial charge in [-0.2, -0.15) is 0 Å². The fraction of sp³-hybridized carbons (Fsp3) is 0.409. The Balaban J connectivity index is 1.57. The molecule has 150 valence electrons. The first-order chi connectivity index (χ1) is 13.3. The summed E-state index contributed by atoms with van der Waals surface area (Å²) in [4.78, 5) is 19.0. The minimum absolute atomic E-state index is 0.0525. The van der Waals surface area contributed by atoms with Gasteiger partial charge in [0.05, 0.1) is 6.04 Å². The van der Waals surface area contributed by atoms with Crippen molar-refractivity contribution in [1.29, 1.82) is 0 Å². The van der Waals surface area contributed by atoms with Crippen LogP contribution in [0, 0.1) is 12.7 Å². The highest BCUT2D eigenvalue weighted by atomic mass is 35.5. The fourth-order valence-corrected chi connectivity index (χ4v) is 3.90. The van der Waals surface area contributed by atoms with Gasteiger partial charge in [-0.25, -0.2) is 4.39 Å². The number of likely N-dealkylation sites (N-methyl/N-ethyl adjacent to an activating group) is 1. The number of piperazine rings is 1. The highest BCUT2D eigenvalue weighted by molar-refractivity contribution is 6.30. The summed E-state index contributed by atoms with van der Waals surface area (Å²) in [6, 6.07) is 12.1. The van der Waals surface area contributed by atoms with Crippen molar-refractivity contribution < 1.29 is 9.18 Å². The van der Waals surface area contributed by atoms with Crippen molar-refractivity contribution in [1.82, 2.24) is 9.80 Å². The summed E-state index contributed by atoms with van der Waals surface area (Å²) in [5, 5.41) is 0.741. The van der Waals surface area contributed by atoms with Crippen LogP contribution in [0.1, 0.15) is 18.1 Å². The second-order valence-corrected chi connectivity index (χ2v) is 7.89.